The Morgan fingerprint density at radius 3 is 2.52 bits per heavy atom. The summed E-state index contributed by atoms with van der Waals surface area (Å²) in [6.07, 6.45) is 0. The first-order valence-corrected chi connectivity index (χ1v) is 7.59. The van der Waals surface area contributed by atoms with Gasteiger partial charge in [-0.3, -0.25) is 4.79 Å². The van der Waals surface area contributed by atoms with Crippen LogP contribution < -0.4 is 10.6 Å². The number of rotatable bonds is 5. The van der Waals surface area contributed by atoms with Gasteiger partial charge in [0.05, 0.1) is 5.69 Å². The molecule has 2 N–H and O–H groups in total. The number of hydrogen-bond donors (Lipinski definition) is 2. The van der Waals surface area contributed by atoms with E-state index >= 15 is 0 Å². The summed E-state index contributed by atoms with van der Waals surface area (Å²) < 4.78 is 12.9. The van der Waals surface area contributed by atoms with Crippen molar-refractivity contribution in [3.63, 3.8) is 0 Å². The molecule has 2 rings (SSSR count). The molecule has 0 fully saturated rings. The van der Waals surface area contributed by atoms with Crippen LogP contribution in [0.25, 0.3) is 11.3 Å². The van der Waals surface area contributed by atoms with Gasteiger partial charge in [0.2, 0.25) is 5.91 Å². The molecule has 2 aromatic rings. The van der Waals surface area contributed by atoms with Gasteiger partial charge >= 0.3 is 0 Å². The number of amides is 1. The van der Waals surface area contributed by atoms with Crippen molar-refractivity contribution in [3.8, 4) is 11.3 Å². The van der Waals surface area contributed by atoms with E-state index in [0.717, 1.165) is 11.3 Å². The summed E-state index contributed by atoms with van der Waals surface area (Å²) in [5, 5.41) is 8.36. The molecule has 6 heteroatoms. The van der Waals surface area contributed by atoms with Gasteiger partial charge in [-0.15, -0.1) is 11.3 Å². The smallest absolute Gasteiger partial charge is 0.242 e. The molecule has 1 atom stereocenters. The number of benzene rings is 1. The van der Waals surface area contributed by atoms with Crippen LogP contribution in [0.1, 0.15) is 13.8 Å². The van der Waals surface area contributed by atoms with Gasteiger partial charge in [0.25, 0.3) is 0 Å². The van der Waals surface area contributed by atoms with Gasteiger partial charge in [-0.25, -0.2) is 9.37 Å². The van der Waals surface area contributed by atoms with Crippen LogP contribution in [-0.2, 0) is 4.79 Å². The normalized spacial score (nSPS) is 12.2. The average Bonchev–Trinajstić information content (AvgIpc) is 2.93. The van der Waals surface area contributed by atoms with E-state index in [9.17, 15) is 9.18 Å². The highest BCUT2D eigenvalue weighted by Gasteiger charge is 2.22. The molecule has 1 unspecified atom stereocenters. The van der Waals surface area contributed by atoms with Crippen LogP contribution in [0, 0.1) is 11.7 Å². The van der Waals surface area contributed by atoms with Crippen molar-refractivity contribution in [3.05, 3.63) is 35.5 Å². The van der Waals surface area contributed by atoms with Crippen LogP contribution in [-0.4, -0.2) is 24.0 Å². The topological polar surface area (TPSA) is 54.0 Å². The number of carbonyl (C=O) groups excluding carboxylic acids is 1. The lowest BCUT2D eigenvalue weighted by atomic mass is 10.0. The van der Waals surface area contributed by atoms with Crippen molar-refractivity contribution in [1.29, 1.82) is 0 Å². The van der Waals surface area contributed by atoms with Crippen molar-refractivity contribution in [2.24, 2.45) is 5.92 Å². The van der Waals surface area contributed by atoms with E-state index in [-0.39, 0.29) is 23.7 Å². The molecule has 0 aliphatic carbocycles. The summed E-state index contributed by atoms with van der Waals surface area (Å²) in [5.41, 5.74) is 1.61. The van der Waals surface area contributed by atoms with E-state index in [1.165, 1.54) is 23.5 Å². The first-order chi connectivity index (χ1) is 10.0. The molecule has 1 amide bonds. The van der Waals surface area contributed by atoms with E-state index < -0.39 is 0 Å². The maximum absolute atomic E-state index is 12.9. The van der Waals surface area contributed by atoms with Crippen LogP contribution in [0.5, 0.6) is 0 Å². The zero-order valence-corrected chi connectivity index (χ0v) is 13.0. The molecule has 0 aliphatic rings. The molecular formula is C15H18FN3OS. The van der Waals surface area contributed by atoms with Crippen LogP contribution in [0.4, 0.5) is 9.52 Å². The Balaban J connectivity index is 2.15. The number of carbonyl (C=O) groups is 1. The van der Waals surface area contributed by atoms with Crippen LogP contribution in [0.2, 0.25) is 0 Å². The Morgan fingerprint density at radius 2 is 1.95 bits per heavy atom. The molecular weight excluding hydrogens is 289 g/mol. The highest BCUT2D eigenvalue weighted by molar-refractivity contribution is 7.14. The van der Waals surface area contributed by atoms with E-state index in [4.69, 9.17) is 0 Å². The van der Waals surface area contributed by atoms with Gasteiger partial charge in [0, 0.05) is 18.0 Å². The fraction of sp³-hybridized carbons (Fsp3) is 0.333. The third-order valence-corrected chi connectivity index (χ3v) is 3.89. The second-order valence-corrected chi connectivity index (χ2v) is 5.88. The van der Waals surface area contributed by atoms with Crippen LogP contribution >= 0.6 is 11.3 Å². The Bertz CT molecular complexity index is 610. The number of nitrogens with one attached hydrogen (secondary N) is 2. The first-order valence-electron chi connectivity index (χ1n) is 6.71. The summed E-state index contributed by atoms with van der Waals surface area (Å²) >= 11 is 1.43. The highest BCUT2D eigenvalue weighted by atomic mass is 32.1. The molecule has 0 saturated heterocycles. The molecule has 0 bridgehead atoms. The van der Waals surface area contributed by atoms with Crippen LogP contribution in [0.15, 0.2) is 29.6 Å². The van der Waals surface area contributed by atoms with Crippen molar-refractivity contribution in [2.45, 2.75) is 19.9 Å². The zero-order valence-electron chi connectivity index (χ0n) is 12.2. The molecule has 21 heavy (non-hydrogen) atoms. The Labute approximate surface area is 127 Å². The maximum atomic E-state index is 12.9. The molecule has 1 aromatic heterocycles. The summed E-state index contributed by atoms with van der Waals surface area (Å²) in [7, 11) is 1.62. The van der Waals surface area contributed by atoms with E-state index in [2.05, 4.69) is 15.6 Å². The average molecular weight is 307 g/mol. The summed E-state index contributed by atoms with van der Waals surface area (Å²) in [5.74, 6) is -0.196. The number of hydrogen-bond acceptors (Lipinski definition) is 4. The van der Waals surface area contributed by atoms with Gasteiger partial charge in [-0.05, 0) is 30.2 Å². The van der Waals surface area contributed by atoms with Crippen molar-refractivity contribution >= 4 is 22.4 Å². The van der Waals surface area contributed by atoms with Crippen molar-refractivity contribution in [2.75, 3.05) is 12.4 Å². The molecule has 1 aromatic carbocycles. The predicted octanol–water partition coefficient (Wildman–Crippen LogP) is 3.13. The standard InChI is InChI=1S/C15H18FN3OS/c1-9(2)13(14(20)17-3)19-15-18-12(8-21-15)10-4-6-11(16)7-5-10/h4-9,13H,1-3H3,(H,17,20)(H,18,19). The number of anilines is 1. The third kappa shape index (κ3) is 3.78. The lowest BCUT2D eigenvalue weighted by Gasteiger charge is -2.19. The Kier molecular flexibility index (Phi) is 4.90. The fourth-order valence-corrected chi connectivity index (χ4v) is 2.67. The van der Waals surface area contributed by atoms with Crippen molar-refractivity contribution < 1.29 is 9.18 Å². The summed E-state index contributed by atoms with van der Waals surface area (Å²) in [6, 6.07) is 5.86. The second-order valence-electron chi connectivity index (χ2n) is 5.03. The minimum absolute atomic E-state index is 0.0662. The molecule has 1 heterocycles. The van der Waals surface area contributed by atoms with E-state index in [1.54, 1.807) is 19.2 Å². The maximum Gasteiger partial charge on any atom is 0.242 e. The van der Waals surface area contributed by atoms with Crippen molar-refractivity contribution in [1.82, 2.24) is 10.3 Å². The number of halogens is 1. The van der Waals surface area contributed by atoms with Gasteiger partial charge in [0.15, 0.2) is 5.13 Å². The van der Waals surface area contributed by atoms with E-state index in [1.807, 2.05) is 19.2 Å². The van der Waals surface area contributed by atoms with Gasteiger partial charge < -0.3 is 10.6 Å². The SMILES string of the molecule is CNC(=O)C(Nc1nc(-c2ccc(F)cc2)cs1)C(C)C. The number of nitrogens with zero attached hydrogens (tertiary/aromatic N) is 1. The Hall–Kier alpha value is -1.95. The minimum Gasteiger partial charge on any atom is -0.357 e. The quantitative estimate of drug-likeness (QED) is 0.892. The number of aromatic nitrogens is 1. The zero-order chi connectivity index (χ0) is 15.4. The molecule has 112 valence electrons. The fourth-order valence-electron chi connectivity index (χ4n) is 1.92. The predicted molar refractivity (Wildman–Crippen MR) is 83.8 cm³/mol. The lowest BCUT2D eigenvalue weighted by Crippen LogP contribution is -2.41. The van der Waals surface area contributed by atoms with Gasteiger partial charge in [-0.1, -0.05) is 13.8 Å². The van der Waals surface area contributed by atoms with E-state index in [0.29, 0.717) is 5.13 Å². The monoisotopic (exact) mass is 307 g/mol. The third-order valence-electron chi connectivity index (χ3n) is 3.12. The molecule has 0 radical (unpaired) electrons. The minimum atomic E-state index is -0.331. The summed E-state index contributed by atoms with van der Waals surface area (Å²) in [4.78, 5) is 16.3. The van der Waals surface area contributed by atoms with Gasteiger partial charge in [-0.2, -0.15) is 0 Å². The summed E-state index contributed by atoms with van der Waals surface area (Å²) in [6.45, 7) is 3.95. The molecule has 0 aliphatic heterocycles. The first kappa shape index (κ1) is 15.4. The number of thiazole rings is 1. The van der Waals surface area contributed by atoms with Crippen LogP contribution in [0.3, 0.4) is 0 Å². The number of likely N-dealkylation sites (N-methyl/N-ethyl adjacent to an activating group) is 1. The lowest BCUT2D eigenvalue weighted by molar-refractivity contribution is -0.122. The largest absolute Gasteiger partial charge is 0.357 e. The highest BCUT2D eigenvalue weighted by Crippen LogP contribution is 2.26. The molecule has 4 nitrogen and oxygen atoms in total. The molecule has 0 spiro atoms. The Morgan fingerprint density at radius 1 is 1.29 bits per heavy atom. The second kappa shape index (κ2) is 6.67. The molecule has 0 saturated carbocycles. The van der Waals surface area contributed by atoms with Gasteiger partial charge in [0.1, 0.15) is 11.9 Å².